The van der Waals surface area contributed by atoms with Gasteiger partial charge in [-0.1, -0.05) is 30.3 Å². The van der Waals surface area contributed by atoms with Gasteiger partial charge in [0.15, 0.2) is 0 Å². The van der Waals surface area contributed by atoms with Gasteiger partial charge in [-0.15, -0.1) is 0 Å². The average molecular weight is 337 g/mol. The molecule has 1 amide bonds. The summed E-state index contributed by atoms with van der Waals surface area (Å²) in [5, 5.41) is 2.07. The van der Waals surface area contributed by atoms with Crippen LogP contribution >= 0.6 is 0 Å². The number of amides is 1. The largest absolute Gasteiger partial charge is 0.494 e. The Labute approximate surface area is 138 Å². The number of ether oxygens (including phenoxy) is 1. The summed E-state index contributed by atoms with van der Waals surface area (Å²) in [5.41, 5.74) is 0.631. The van der Waals surface area contributed by atoms with Gasteiger partial charge in [-0.3, -0.25) is 4.79 Å². The van der Waals surface area contributed by atoms with E-state index in [1.54, 1.807) is 49.4 Å². The van der Waals surface area contributed by atoms with E-state index in [4.69, 9.17) is 4.74 Å². The molecular weight excluding hydrogens is 319 g/mol. The predicted molar refractivity (Wildman–Crippen MR) is 85.1 cm³/mol. The maximum atomic E-state index is 13.3. The van der Waals surface area contributed by atoms with E-state index in [2.05, 4.69) is 5.32 Å². The number of rotatable bonds is 6. The fraction of sp³-hybridized carbons (Fsp3) is 0.278. The highest BCUT2D eigenvalue weighted by molar-refractivity contribution is 5.94. The van der Waals surface area contributed by atoms with Crippen molar-refractivity contribution in [3.05, 3.63) is 65.7 Å². The van der Waals surface area contributed by atoms with E-state index in [9.17, 15) is 18.0 Å². The van der Waals surface area contributed by atoms with Crippen LogP contribution in [0.4, 0.5) is 13.2 Å². The van der Waals surface area contributed by atoms with E-state index >= 15 is 0 Å². The van der Waals surface area contributed by atoms with Crippen LogP contribution in [0.5, 0.6) is 5.75 Å². The zero-order valence-corrected chi connectivity index (χ0v) is 13.1. The van der Waals surface area contributed by atoms with Crippen molar-refractivity contribution in [3.63, 3.8) is 0 Å². The van der Waals surface area contributed by atoms with E-state index in [-0.39, 0.29) is 12.0 Å². The first-order chi connectivity index (χ1) is 11.4. The Morgan fingerprint density at radius 2 is 1.83 bits per heavy atom. The minimum Gasteiger partial charge on any atom is -0.494 e. The molecule has 24 heavy (non-hydrogen) atoms. The molecule has 0 aliphatic rings. The highest BCUT2D eigenvalue weighted by Crippen LogP contribution is 2.25. The van der Waals surface area contributed by atoms with Crippen LogP contribution in [0.2, 0.25) is 0 Å². The van der Waals surface area contributed by atoms with Gasteiger partial charge >= 0.3 is 6.18 Å². The third kappa shape index (κ3) is 5.01. The SMILES string of the molecule is CCOc1cccc(C[C@H](NC(=O)c2ccccc2)C(F)(F)F)c1. The Morgan fingerprint density at radius 3 is 2.46 bits per heavy atom. The average Bonchev–Trinajstić information content (AvgIpc) is 2.55. The van der Waals surface area contributed by atoms with Crippen LogP contribution in [0, 0.1) is 0 Å². The Morgan fingerprint density at radius 1 is 1.12 bits per heavy atom. The summed E-state index contributed by atoms with van der Waals surface area (Å²) in [4.78, 5) is 12.0. The molecule has 0 saturated heterocycles. The molecule has 2 rings (SSSR count). The van der Waals surface area contributed by atoms with E-state index in [0.29, 0.717) is 17.9 Å². The molecule has 1 atom stereocenters. The van der Waals surface area contributed by atoms with Gasteiger partial charge in [0, 0.05) is 12.0 Å². The molecule has 0 heterocycles. The van der Waals surface area contributed by atoms with Crippen molar-refractivity contribution in [1.82, 2.24) is 5.32 Å². The summed E-state index contributed by atoms with van der Waals surface area (Å²) in [5.74, 6) is -0.246. The lowest BCUT2D eigenvalue weighted by Gasteiger charge is -2.22. The van der Waals surface area contributed by atoms with Gasteiger partial charge in [0.05, 0.1) is 6.61 Å². The standard InChI is InChI=1S/C18H18F3NO2/c1-2-24-15-10-6-7-13(11-15)12-16(18(19,20)21)22-17(23)14-8-4-3-5-9-14/h3-11,16H,2,12H2,1H3,(H,22,23)/t16-/m0/s1. The van der Waals surface area contributed by atoms with Crippen LogP contribution < -0.4 is 10.1 Å². The molecule has 0 saturated carbocycles. The Hall–Kier alpha value is -2.50. The molecule has 2 aromatic carbocycles. The lowest BCUT2D eigenvalue weighted by atomic mass is 10.0. The number of carbonyl (C=O) groups excluding carboxylic acids is 1. The summed E-state index contributed by atoms with van der Waals surface area (Å²) in [7, 11) is 0. The second kappa shape index (κ2) is 7.86. The summed E-state index contributed by atoms with van der Waals surface area (Å²) in [6.45, 7) is 2.22. The van der Waals surface area contributed by atoms with E-state index in [1.807, 2.05) is 0 Å². The van der Waals surface area contributed by atoms with Gasteiger partial charge in [-0.2, -0.15) is 13.2 Å². The minimum absolute atomic E-state index is 0.190. The van der Waals surface area contributed by atoms with Gasteiger partial charge in [-0.25, -0.2) is 0 Å². The van der Waals surface area contributed by atoms with Gasteiger partial charge in [0.25, 0.3) is 5.91 Å². The minimum atomic E-state index is -4.55. The molecule has 0 bridgehead atoms. The van der Waals surface area contributed by atoms with Gasteiger partial charge < -0.3 is 10.1 Å². The normalized spacial score (nSPS) is 12.5. The second-order valence-electron chi connectivity index (χ2n) is 5.22. The number of nitrogens with one attached hydrogen (secondary N) is 1. The predicted octanol–water partition coefficient (Wildman–Crippen LogP) is 3.99. The molecule has 0 aliphatic heterocycles. The summed E-state index contributed by atoms with van der Waals surface area (Å²) in [6, 6.07) is 12.3. The molecule has 3 nitrogen and oxygen atoms in total. The first-order valence-corrected chi connectivity index (χ1v) is 7.54. The maximum Gasteiger partial charge on any atom is 0.408 e. The Balaban J connectivity index is 2.14. The molecule has 0 radical (unpaired) electrons. The summed E-state index contributed by atoms with van der Waals surface area (Å²) in [6.07, 6.45) is -4.91. The summed E-state index contributed by atoms with van der Waals surface area (Å²) < 4.78 is 45.1. The molecule has 6 heteroatoms. The fourth-order valence-electron chi connectivity index (χ4n) is 2.24. The number of benzene rings is 2. The van der Waals surface area contributed by atoms with E-state index in [0.717, 1.165) is 0 Å². The van der Waals surface area contributed by atoms with Crippen LogP contribution in [0.15, 0.2) is 54.6 Å². The van der Waals surface area contributed by atoms with E-state index < -0.39 is 18.1 Å². The fourth-order valence-corrected chi connectivity index (χ4v) is 2.24. The van der Waals surface area contributed by atoms with Crippen LogP contribution in [0.3, 0.4) is 0 Å². The van der Waals surface area contributed by atoms with Crippen molar-refractivity contribution in [2.75, 3.05) is 6.61 Å². The zero-order chi connectivity index (χ0) is 17.6. The first kappa shape index (κ1) is 17.8. The smallest absolute Gasteiger partial charge is 0.408 e. The monoisotopic (exact) mass is 337 g/mol. The zero-order valence-electron chi connectivity index (χ0n) is 13.1. The molecule has 0 unspecified atom stereocenters. The second-order valence-corrected chi connectivity index (χ2v) is 5.22. The molecule has 0 spiro atoms. The van der Waals surface area contributed by atoms with Crippen molar-refractivity contribution < 1.29 is 22.7 Å². The van der Waals surface area contributed by atoms with Crippen LogP contribution in [0.25, 0.3) is 0 Å². The quantitative estimate of drug-likeness (QED) is 0.866. The number of alkyl halides is 3. The molecule has 1 N–H and O–H groups in total. The van der Waals surface area contributed by atoms with E-state index in [1.165, 1.54) is 12.1 Å². The third-order valence-corrected chi connectivity index (χ3v) is 3.39. The molecular formula is C18H18F3NO2. The Bertz CT molecular complexity index is 671. The van der Waals surface area contributed by atoms with Crippen LogP contribution in [-0.4, -0.2) is 24.7 Å². The lowest BCUT2D eigenvalue weighted by Crippen LogP contribution is -2.46. The number of carbonyl (C=O) groups is 1. The molecule has 0 aromatic heterocycles. The number of hydrogen-bond acceptors (Lipinski definition) is 2. The first-order valence-electron chi connectivity index (χ1n) is 7.54. The highest BCUT2D eigenvalue weighted by Gasteiger charge is 2.40. The van der Waals surface area contributed by atoms with Crippen molar-refractivity contribution in [3.8, 4) is 5.75 Å². The molecule has 2 aromatic rings. The van der Waals surface area contributed by atoms with Gasteiger partial charge in [-0.05, 0) is 36.8 Å². The topological polar surface area (TPSA) is 38.3 Å². The highest BCUT2D eigenvalue weighted by atomic mass is 19.4. The molecule has 128 valence electrons. The van der Waals surface area contributed by atoms with Crippen molar-refractivity contribution in [2.45, 2.75) is 25.6 Å². The van der Waals surface area contributed by atoms with Crippen LogP contribution in [-0.2, 0) is 6.42 Å². The Kier molecular flexibility index (Phi) is 5.84. The molecule has 0 aliphatic carbocycles. The number of halogens is 3. The van der Waals surface area contributed by atoms with Gasteiger partial charge in [0.1, 0.15) is 11.8 Å². The lowest BCUT2D eigenvalue weighted by molar-refractivity contribution is -0.153. The van der Waals surface area contributed by atoms with Crippen molar-refractivity contribution >= 4 is 5.91 Å². The van der Waals surface area contributed by atoms with Gasteiger partial charge in [0.2, 0.25) is 0 Å². The van der Waals surface area contributed by atoms with Crippen molar-refractivity contribution in [1.29, 1.82) is 0 Å². The van der Waals surface area contributed by atoms with Crippen LogP contribution in [0.1, 0.15) is 22.8 Å². The number of hydrogen-bond donors (Lipinski definition) is 1. The maximum absolute atomic E-state index is 13.3. The summed E-state index contributed by atoms with van der Waals surface area (Å²) >= 11 is 0. The third-order valence-electron chi connectivity index (χ3n) is 3.39. The molecule has 0 fully saturated rings. The van der Waals surface area contributed by atoms with Crippen molar-refractivity contribution in [2.24, 2.45) is 0 Å².